The van der Waals surface area contributed by atoms with Crippen molar-refractivity contribution in [1.29, 1.82) is 0 Å². The van der Waals surface area contributed by atoms with Crippen molar-refractivity contribution in [2.24, 2.45) is 0 Å². The van der Waals surface area contributed by atoms with Crippen molar-refractivity contribution in [1.82, 2.24) is 9.78 Å². The Morgan fingerprint density at radius 1 is 1.26 bits per heavy atom. The maximum absolute atomic E-state index is 11.5. The highest BCUT2D eigenvalue weighted by Crippen LogP contribution is 2.28. The number of nitro benzene ring substituents is 1. The molecule has 2 rings (SSSR count). The fourth-order valence-electron chi connectivity index (χ4n) is 1.58. The minimum Gasteiger partial charge on any atom is -0.268 e. The first-order valence-corrected chi connectivity index (χ1v) is 6.00. The van der Waals surface area contributed by atoms with Gasteiger partial charge in [0.25, 0.3) is 16.8 Å². The molecule has 0 saturated carbocycles. The molecule has 7 nitrogen and oxygen atoms in total. The molecule has 2 aromatic rings. The number of nitrogens with one attached hydrogen (secondary N) is 1. The molecule has 0 radical (unpaired) electrons. The smallest absolute Gasteiger partial charge is 0.268 e. The largest absolute Gasteiger partial charge is 0.283 e. The Bertz CT molecular complexity index is 750. The summed E-state index contributed by atoms with van der Waals surface area (Å²) in [4.78, 5) is 33.0. The Balaban J connectivity index is 2.47. The van der Waals surface area contributed by atoms with E-state index in [4.69, 9.17) is 0 Å². The number of hydrogen-bond donors (Lipinski definition) is 1. The molecule has 0 atom stereocenters. The molecule has 1 aromatic carbocycles. The average Bonchev–Trinajstić information content (AvgIpc) is 2.36. The predicted octanol–water partition coefficient (Wildman–Crippen LogP) is 1.26. The van der Waals surface area contributed by atoms with Gasteiger partial charge in [0, 0.05) is 18.2 Å². The molecule has 0 unspecified atom stereocenters. The molecule has 0 saturated heterocycles. The SMILES string of the molecule is O=c1ccc(=O)n(Cc2cccc([N+](=O)[O-])c2Br)[nH]1. The second-order valence-electron chi connectivity index (χ2n) is 3.74. The molecule has 8 heteroatoms. The van der Waals surface area contributed by atoms with Crippen LogP contribution in [0.2, 0.25) is 0 Å². The zero-order valence-electron chi connectivity index (χ0n) is 9.50. The van der Waals surface area contributed by atoms with Gasteiger partial charge in [0.15, 0.2) is 0 Å². The second kappa shape index (κ2) is 5.19. The number of aromatic nitrogens is 2. The van der Waals surface area contributed by atoms with Crippen LogP contribution in [-0.2, 0) is 6.54 Å². The van der Waals surface area contributed by atoms with E-state index in [1.165, 1.54) is 12.1 Å². The third kappa shape index (κ3) is 2.79. The molecule has 19 heavy (non-hydrogen) atoms. The normalized spacial score (nSPS) is 10.4. The number of nitrogens with zero attached hydrogens (tertiary/aromatic N) is 2. The van der Waals surface area contributed by atoms with Crippen molar-refractivity contribution in [3.8, 4) is 0 Å². The summed E-state index contributed by atoms with van der Waals surface area (Å²) in [5, 5.41) is 13.2. The molecule has 0 bridgehead atoms. The van der Waals surface area contributed by atoms with Crippen molar-refractivity contribution in [2.45, 2.75) is 6.54 Å². The van der Waals surface area contributed by atoms with Gasteiger partial charge in [0.1, 0.15) is 4.47 Å². The number of hydrogen-bond acceptors (Lipinski definition) is 4. The van der Waals surface area contributed by atoms with Gasteiger partial charge in [-0.3, -0.25) is 24.8 Å². The van der Waals surface area contributed by atoms with Crippen LogP contribution in [0.1, 0.15) is 5.56 Å². The zero-order chi connectivity index (χ0) is 14.0. The first-order valence-electron chi connectivity index (χ1n) is 5.21. The summed E-state index contributed by atoms with van der Waals surface area (Å²) in [6, 6.07) is 6.77. The van der Waals surface area contributed by atoms with E-state index in [9.17, 15) is 19.7 Å². The summed E-state index contributed by atoms with van der Waals surface area (Å²) in [6.45, 7) is 0.0389. The van der Waals surface area contributed by atoms with Crippen LogP contribution in [0, 0.1) is 10.1 Å². The number of rotatable bonds is 3. The first kappa shape index (κ1) is 13.2. The van der Waals surface area contributed by atoms with E-state index in [2.05, 4.69) is 21.0 Å². The lowest BCUT2D eigenvalue weighted by Crippen LogP contribution is -2.28. The van der Waals surface area contributed by atoms with Gasteiger partial charge in [0.05, 0.1) is 11.5 Å². The van der Waals surface area contributed by atoms with Gasteiger partial charge >= 0.3 is 0 Å². The quantitative estimate of drug-likeness (QED) is 0.678. The average molecular weight is 326 g/mol. The molecule has 0 aliphatic carbocycles. The van der Waals surface area contributed by atoms with Crippen LogP contribution in [0.25, 0.3) is 0 Å². The number of halogens is 1. The minimum atomic E-state index is -0.524. The van der Waals surface area contributed by atoms with E-state index >= 15 is 0 Å². The third-order valence-corrected chi connectivity index (χ3v) is 3.39. The lowest BCUT2D eigenvalue weighted by Gasteiger charge is -2.07. The Morgan fingerprint density at radius 3 is 2.68 bits per heavy atom. The monoisotopic (exact) mass is 325 g/mol. The van der Waals surface area contributed by atoms with Gasteiger partial charge in [-0.2, -0.15) is 0 Å². The lowest BCUT2D eigenvalue weighted by molar-refractivity contribution is -0.385. The fraction of sp³-hybridized carbons (Fsp3) is 0.0909. The van der Waals surface area contributed by atoms with Gasteiger partial charge in [-0.05, 0) is 21.5 Å². The highest BCUT2D eigenvalue weighted by atomic mass is 79.9. The van der Waals surface area contributed by atoms with Crippen LogP contribution in [-0.4, -0.2) is 14.7 Å². The van der Waals surface area contributed by atoms with Crippen LogP contribution >= 0.6 is 15.9 Å². The Kier molecular flexibility index (Phi) is 3.61. The lowest BCUT2D eigenvalue weighted by atomic mass is 10.2. The van der Waals surface area contributed by atoms with E-state index < -0.39 is 16.0 Å². The second-order valence-corrected chi connectivity index (χ2v) is 4.53. The molecule has 0 aliphatic heterocycles. The summed E-state index contributed by atoms with van der Waals surface area (Å²) >= 11 is 3.13. The van der Waals surface area contributed by atoms with Crippen molar-refractivity contribution >= 4 is 21.6 Å². The zero-order valence-corrected chi connectivity index (χ0v) is 11.1. The molecule has 0 aliphatic rings. The highest BCUT2D eigenvalue weighted by Gasteiger charge is 2.15. The molecule has 1 N–H and O–H groups in total. The van der Waals surface area contributed by atoms with Crippen LogP contribution in [0.3, 0.4) is 0 Å². The molecular weight excluding hydrogens is 318 g/mol. The number of H-pyrrole nitrogens is 1. The van der Waals surface area contributed by atoms with Crippen LogP contribution in [0.15, 0.2) is 44.4 Å². The Hall–Kier alpha value is -2.22. The summed E-state index contributed by atoms with van der Waals surface area (Å²) < 4.78 is 1.38. The molecular formula is C11H8BrN3O4. The van der Waals surface area contributed by atoms with Crippen LogP contribution < -0.4 is 11.1 Å². The Labute approximate surface area is 114 Å². The molecule has 0 spiro atoms. The topological polar surface area (TPSA) is 98.0 Å². The molecule has 0 amide bonds. The first-order chi connectivity index (χ1) is 8.99. The maximum atomic E-state index is 11.5. The summed E-state index contributed by atoms with van der Waals surface area (Å²) in [5.74, 6) is 0. The standard InChI is InChI=1S/C11H8BrN3O4/c12-11-7(2-1-3-8(11)15(18)19)6-14-10(17)5-4-9(16)13-14/h1-5H,6H2,(H,13,16). The van der Waals surface area contributed by atoms with Gasteiger partial charge in [0.2, 0.25) is 0 Å². The molecule has 0 fully saturated rings. The number of nitro groups is 1. The fourth-order valence-corrected chi connectivity index (χ4v) is 2.11. The van der Waals surface area contributed by atoms with E-state index in [1.54, 1.807) is 6.07 Å². The van der Waals surface area contributed by atoms with Gasteiger partial charge in [-0.25, -0.2) is 4.68 Å². The van der Waals surface area contributed by atoms with E-state index in [0.717, 1.165) is 16.8 Å². The minimum absolute atomic E-state index is 0.0389. The van der Waals surface area contributed by atoms with Gasteiger partial charge in [-0.1, -0.05) is 12.1 Å². The van der Waals surface area contributed by atoms with Crippen molar-refractivity contribution in [3.63, 3.8) is 0 Å². The predicted molar refractivity (Wildman–Crippen MR) is 71.2 cm³/mol. The van der Waals surface area contributed by atoms with E-state index in [0.29, 0.717) is 5.56 Å². The summed E-state index contributed by atoms with van der Waals surface area (Å²) in [5.41, 5.74) is -0.374. The van der Waals surface area contributed by atoms with E-state index in [-0.39, 0.29) is 16.7 Å². The molecule has 1 aromatic heterocycles. The summed E-state index contributed by atoms with van der Waals surface area (Å²) in [6.07, 6.45) is 0. The van der Waals surface area contributed by atoms with E-state index in [1.807, 2.05) is 0 Å². The van der Waals surface area contributed by atoms with Gasteiger partial charge < -0.3 is 0 Å². The van der Waals surface area contributed by atoms with Crippen molar-refractivity contribution in [2.75, 3.05) is 0 Å². The Morgan fingerprint density at radius 2 is 2.00 bits per heavy atom. The maximum Gasteiger partial charge on any atom is 0.283 e. The van der Waals surface area contributed by atoms with Crippen LogP contribution in [0.4, 0.5) is 5.69 Å². The highest BCUT2D eigenvalue weighted by molar-refractivity contribution is 9.10. The van der Waals surface area contributed by atoms with Crippen molar-refractivity contribution < 1.29 is 4.92 Å². The molecule has 1 heterocycles. The summed E-state index contributed by atoms with van der Waals surface area (Å²) in [7, 11) is 0. The van der Waals surface area contributed by atoms with Crippen LogP contribution in [0.5, 0.6) is 0 Å². The van der Waals surface area contributed by atoms with Crippen molar-refractivity contribution in [3.05, 3.63) is 71.2 Å². The number of aromatic amines is 1. The number of benzene rings is 1. The third-order valence-electron chi connectivity index (χ3n) is 2.47. The van der Waals surface area contributed by atoms with Gasteiger partial charge in [-0.15, -0.1) is 0 Å². The molecule has 98 valence electrons.